The van der Waals surface area contributed by atoms with E-state index < -0.39 is 9.84 Å². The van der Waals surface area contributed by atoms with E-state index >= 15 is 0 Å². The fourth-order valence-electron chi connectivity index (χ4n) is 2.07. The summed E-state index contributed by atoms with van der Waals surface area (Å²) >= 11 is 0. The molecule has 6 nitrogen and oxygen atoms in total. The predicted molar refractivity (Wildman–Crippen MR) is 71.4 cm³/mol. The van der Waals surface area contributed by atoms with Gasteiger partial charge in [-0.1, -0.05) is 0 Å². The van der Waals surface area contributed by atoms with Crippen molar-refractivity contribution < 1.29 is 13.2 Å². The van der Waals surface area contributed by atoms with E-state index in [1.807, 2.05) is 19.1 Å². The smallest absolute Gasteiger partial charge is 0.315 e. The number of hydrogen-bond donors (Lipinski definition) is 2. The molecule has 0 bridgehead atoms. The summed E-state index contributed by atoms with van der Waals surface area (Å²) in [5.74, 6) is 0.182. The van der Waals surface area contributed by atoms with Gasteiger partial charge in [-0.05, 0) is 31.0 Å². The Bertz CT molecular complexity index is 545. The number of amides is 2. The molecule has 0 saturated carbocycles. The third kappa shape index (κ3) is 3.92. The molecule has 1 aliphatic heterocycles. The molecule has 1 aromatic rings. The van der Waals surface area contributed by atoms with Crippen molar-refractivity contribution in [2.75, 3.05) is 11.5 Å². The van der Waals surface area contributed by atoms with Gasteiger partial charge in [0.05, 0.1) is 17.5 Å². The van der Waals surface area contributed by atoms with Gasteiger partial charge in [0.25, 0.3) is 0 Å². The second-order valence-electron chi connectivity index (χ2n) is 4.72. The first-order valence-corrected chi connectivity index (χ1v) is 7.96. The Kier molecular flexibility index (Phi) is 4.04. The molecule has 7 heteroatoms. The number of aromatic nitrogens is 1. The number of nitrogens with one attached hydrogen (secondary N) is 2. The molecule has 2 atom stereocenters. The molecule has 2 amide bonds. The largest absolute Gasteiger partial charge is 0.334 e. The molecule has 2 N–H and O–H groups in total. The highest BCUT2D eigenvalue weighted by atomic mass is 32.2. The van der Waals surface area contributed by atoms with Crippen molar-refractivity contribution in [2.45, 2.75) is 25.4 Å². The first kappa shape index (κ1) is 13.8. The lowest BCUT2D eigenvalue weighted by atomic mass is 10.1. The minimum absolute atomic E-state index is 0.0318. The zero-order valence-corrected chi connectivity index (χ0v) is 11.5. The van der Waals surface area contributed by atoms with Crippen LogP contribution in [0.15, 0.2) is 24.5 Å². The Morgan fingerprint density at radius 3 is 2.68 bits per heavy atom. The van der Waals surface area contributed by atoms with Crippen LogP contribution >= 0.6 is 0 Å². The van der Waals surface area contributed by atoms with Gasteiger partial charge in [-0.2, -0.15) is 0 Å². The Labute approximate surface area is 112 Å². The van der Waals surface area contributed by atoms with Crippen LogP contribution in [-0.4, -0.2) is 37.0 Å². The van der Waals surface area contributed by atoms with Crippen molar-refractivity contribution in [1.29, 1.82) is 0 Å². The molecule has 2 heterocycles. The summed E-state index contributed by atoms with van der Waals surface area (Å²) in [6, 6.07) is 2.87. The van der Waals surface area contributed by atoms with Gasteiger partial charge < -0.3 is 10.6 Å². The molecule has 1 fully saturated rings. The lowest BCUT2D eigenvalue weighted by molar-refractivity contribution is 0.235. The number of carbonyl (C=O) groups excluding carboxylic acids is 1. The molecule has 0 aromatic carbocycles. The van der Waals surface area contributed by atoms with E-state index in [1.165, 1.54) is 0 Å². The van der Waals surface area contributed by atoms with Crippen molar-refractivity contribution >= 4 is 15.9 Å². The summed E-state index contributed by atoms with van der Waals surface area (Å²) in [5.41, 5.74) is 0.948. The van der Waals surface area contributed by atoms with Gasteiger partial charge in [0.15, 0.2) is 9.84 Å². The van der Waals surface area contributed by atoms with Crippen molar-refractivity contribution in [2.24, 2.45) is 0 Å². The van der Waals surface area contributed by atoms with E-state index in [4.69, 9.17) is 0 Å². The molecule has 0 spiro atoms. The van der Waals surface area contributed by atoms with Crippen molar-refractivity contribution in [3.8, 4) is 0 Å². The lowest BCUT2D eigenvalue weighted by Crippen LogP contribution is -2.43. The Morgan fingerprint density at radius 2 is 2.11 bits per heavy atom. The van der Waals surface area contributed by atoms with Crippen LogP contribution in [0.4, 0.5) is 4.79 Å². The molecule has 0 aliphatic carbocycles. The van der Waals surface area contributed by atoms with Crippen LogP contribution in [0.3, 0.4) is 0 Å². The first-order chi connectivity index (χ1) is 8.96. The zero-order valence-electron chi connectivity index (χ0n) is 10.7. The van der Waals surface area contributed by atoms with Gasteiger partial charge in [-0.3, -0.25) is 4.98 Å². The minimum atomic E-state index is -2.97. The maximum Gasteiger partial charge on any atom is 0.315 e. The average molecular weight is 283 g/mol. The van der Waals surface area contributed by atoms with Crippen molar-refractivity contribution in [3.05, 3.63) is 30.1 Å². The van der Waals surface area contributed by atoms with E-state index in [9.17, 15) is 13.2 Å². The number of carbonyl (C=O) groups is 1. The monoisotopic (exact) mass is 283 g/mol. The number of sulfone groups is 1. The summed E-state index contributed by atoms with van der Waals surface area (Å²) in [4.78, 5) is 15.7. The summed E-state index contributed by atoms with van der Waals surface area (Å²) in [6.45, 7) is 1.86. The van der Waals surface area contributed by atoms with Gasteiger partial charge in [-0.25, -0.2) is 13.2 Å². The number of hydrogen-bond acceptors (Lipinski definition) is 4. The summed E-state index contributed by atoms with van der Waals surface area (Å²) in [6.07, 6.45) is 3.81. The van der Waals surface area contributed by atoms with E-state index in [0.29, 0.717) is 6.42 Å². The molecule has 19 heavy (non-hydrogen) atoms. The average Bonchev–Trinajstić information content (AvgIpc) is 2.69. The van der Waals surface area contributed by atoms with Gasteiger partial charge in [0.2, 0.25) is 0 Å². The Hall–Kier alpha value is -1.63. The van der Waals surface area contributed by atoms with Gasteiger partial charge >= 0.3 is 6.03 Å². The molecule has 0 unspecified atom stereocenters. The highest BCUT2D eigenvalue weighted by Gasteiger charge is 2.29. The third-order valence-corrected chi connectivity index (χ3v) is 4.89. The molecular formula is C12H17N3O3S. The molecule has 2 rings (SSSR count). The van der Waals surface area contributed by atoms with Crippen LogP contribution in [0.5, 0.6) is 0 Å². The SMILES string of the molecule is C[C@@H](NC(=O)N[C@H]1CCS(=O)(=O)C1)c1ccncc1. The molecule has 104 valence electrons. The van der Waals surface area contributed by atoms with Crippen molar-refractivity contribution in [1.82, 2.24) is 15.6 Å². The maximum atomic E-state index is 11.8. The summed E-state index contributed by atoms with van der Waals surface area (Å²) < 4.78 is 22.6. The van der Waals surface area contributed by atoms with Crippen LogP contribution in [0, 0.1) is 0 Å². The molecular weight excluding hydrogens is 266 g/mol. The van der Waals surface area contributed by atoms with Crippen LogP contribution < -0.4 is 10.6 Å². The predicted octanol–water partition coefficient (Wildman–Crippen LogP) is 0.629. The van der Waals surface area contributed by atoms with Crippen LogP contribution in [-0.2, 0) is 9.84 Å². The zero-order chi connectivity index (χ0) is 13.9. The molecule has 1 aromatic heterocycles. The second-order valence-corrected chi connectivity index (χ2v) is 6.95. The van der Waals surface area contributed by atoms with E-state index in [1.54, 1.807) is 12.4 Å². The topological polar surface area (TPSA) is 88.2 Å². The quantitative estimate of drug-likeness (QED) is 0.851. The van der Waals surface area contributed by atoms with E-state index in [-0.39, 0.29) is 29.6 Å². The summed E-state index contributed by atoms with van der Waals surface area (Å²) in [5, 5.41) is 5.47. The molecule has 1 saturated heterocycles. The van der Waals surface area contributed by atoms with Gasteiger partial charge in [0.1, 0.15) is 0 Å². The fourth-order valence-corrected chi connectivity index (χ4v) is 3.74. The molecule has 0 radical (unpaired) electrons. The second kappa shape index (κ2) is 5.56. The third-order valence-electron chi connectivity index (χ3n) is 3.12. The number of pyridine rings is 1. The van der Waals surface area contributed by atoms with Crippen molar-refractivity contribution in [3.63, 3.8) is 0 Å². The fraction of sp³-hybridized carbons (Fsp3) is 0.500. The summed E-state index contributed by atoms with van der Waals surface area (Å²) in [7, 11) is -2.97. The number of nitrogens with zero attached hydrogens (tertiary/aromatic N) is 1. The number of urea groups is 1. The first-order valence-electron chi connectivity index (χ1n) is 6.14. The van der Waals surface area contributed by atoms with Gasteiger partial charge in [0, 0.05) is 18.4 Å². The maximum absolute atomic E-state index is 11.8. The standard InChI is InChI=1S/C12H17N3O3S/c1-9(10-2-5-13-6-3-10)14-12(16)15-11-4-7-19(17,18)8-11/h2-3,5-6,9,11H,4,7-8H2,1H3,(H2,14,15,16)/t9-,11+/m1/s1. The minimum Gasteiger partial charge on any atom is -0.334 e. The van der Waals surface area contributed by atoms with Crippen LogP contribution in [0.25, 0.3) is 0 Å². The Balaban J connectivity index is 1.85. The lowest BCUT2D eigenvalue weighted by Gasteiger charge is -2.17. The normalized spacial score (nSPS) is 22.7. The Morgan fingerprint density at radius 1 is 1.42 bits per heavy atom. The highest BCUT2D eigenvalue weighted by Crippen LogP contribution is 2.12. The van der Waals surface area contributed by atoms with E-state index in [0.717, 1.165) is 5.56 Å². The van der Waals surface area contributed by atoms with Crippen LogP contribution in [0.1, 0.15) is 24.9 Å². The highest BCUT2D eigenvalue weighted by molar-refractivity contribution is 7.91. The number of rotatable bonds is 3. The van der Waals surface area contributed by atoms with Gasteiger partial charge in [-0.15, -0.1) is 0 Å². The molecule has 1 aliphatic rings. The van der Waals surface area contributed by atoms with E-state index in [2.05, 4.69) is 15.6 Å². The van der Waals surface area contributed by atoms with Crippen LogP contribution in [0.2, 0.25) is 0 Å².